The lowest BCUT2D eigenvalue weighted by molar-refractivity contribution is 0.0491. The van der Waals surface area contributed by atoms with Gasteiger partial charge in [-0.05, 0) is 25.7 Å². The van der Waals surface area contributed by atoms with Crippen molar-refractivity contribution in [2.45, 2.75) is 32.7 Å². The highest BCUT2D eigenvalue weighted by Crippen LogP contribution is 2.29. The fourth-order valence-electron chi connectivity index (χ4n) is 1.83. The number of nitrogens with one attached hydrogen (secondary N) is 1. The van der Waals surface area contributed by atoms with Crippen LogP contribution in [0, 0.1) is 5.92 Å². The second kappa shape index (κ2) is 4.55. The van der Waals surface area contributed by atoms with Gasteiger partial charge in [0.1, 0.15) is 0 Å². The largest absolute Gasteiger partial charge is 0.460 e. The van der Waals surface area contributed by atoms with E-state index in [1.165, 1.54) is 6.20 Å². The monoisotopic (exact) mass is 224 g/mol. The fourth-order valence-corrected chi connectivity index (χ4v) is 1.83. The van der Waals surface area contributed by atoms with Crippen molar-refractivity contribution in [3.05, 3.63) is 12.0 Å². The molecule has 1 aliphatic carbocycles. The lowest BCUT2D eigenvalue weighted by Gasteiger charge is -2.32. The first-order chi connectivity index (χ1) is 7.69. The third-order valence-corrected chi connectivity index (χ3v) is 2.68. The van der Waals surface area contributed by atoms with Gasteiger partial charge in [-0.1, -0.05) is 6.92 Å². The molecule has 0 bridgehead atoms. The first-order valence-corrected chi connectivity index (χ1v) is 5.58. The smallest absolute Gasteiger partial charge is 0.376 e. The average Bonchev–Trinajstić information content (AvgIpc) is 2.64. The molecule has 1 saturated carbocycles. The van der Waals surface area contributed by atoms with Gasteiger partial charge in [-0.15, -0.1) is 0 Å². The first-order valence-electron chi connectivity index (χ1n) is 5.58. The lowest BCUT2D eigenvalue weighted by Crippen LogP contribution is -2.33. The van der Waals surface area contributed by atoms with Gasteiger partial charge in [0, 0.05) is 6.04 Å². The SMILES string of the molecule is CCOC(=O)c1cnc(NC2CC(C)C2)o1. The van der Waals surface area contributed by atoms with Crippen molar-refractivity contribution in [1.29, 1.82) is 0 Å². The van der Waals surface area contributed by atoms with Gasteiger partial charge in [-0.2, -0.15) is 0 Å². The van der Waals surface area contributed by atoms with Crippen LogP contribution in [0.1, 0.15) is 37.2 Å². The molecule has 2 rings (SSSR count). The number of ether oxygens (including phenoxy) is 1. The van der Waals surface area contributed by atoms with Crippen molar-refractivity contribution in [3.8, 4) is 0 Å². The maximum atomic E-state index is 11.3. The summed E-state index contributed by atoms with van der Waals surface area (Å²) in [5.74, 6) is 0.443. The minimum atomic E-state index is -0.468. The Balaban J connectivity index is 1.89. The van der Waals surface area contributed by atoms with Crippen LogP contribution in [-0.4, -0.2) is 23.6 Å². The summed E-state index contributed by atoms with van der Waals surface area (Å²) in [6.07, 6.45) is 3.64. The number of anilines is 1. The van der Waals surface area contributed by atoms with E-state index >= 15 is 0 Å². The van der Waals surface area contributed by atoms with E-state index in [0.29, 0.717) is 18.7 Å². The average molecular weight is 224 g/mol. The summed E-state index contributed by atoms with van der Waals surface area (Å²) >= 11 is 0. The molecular formula is C11H16N2O3. The van der Waals surface area contributed by atoms with Crippen LogP contribution in [-0.2, 0) is 4.74 Å². The summed E-state index contributed by atoms with van der Waals surface area (Å²) < 4.78 is 10.0. The van der Waals surface area contributed by atoms with Gasteiger partial charge in [0.25, 0.3) is 6.01 Å². The van der Waals surface area contributed by atoms with Gasteiger partial charge < -0.3 is 14.5 Å². The fraction of sp³-hybridized carbons (Fsp3) is 0.636. The molecular weight excluding hydrogens is 208 g/mol. The van der Waals surface area contributed by atoms with E-state index < -0.39 is 5.97 Å². The Morgan fingerprint density at radius 1 is 1.69 bits per heavy atom. The molecule has 1 fully saturated rings. The molecule has 1 N–H and O–H groups in total. The van der Waals surface area contributed by atoms with Crippen LogP contribution in [0.3, 0.4) is 0 Å². The Morgan fingerprint density at radius 3 is 3.06 bits per heavy atom. The second-order valence-electron chi connectivity index (χ2n) is 4.17. The van der Waals surface area contributed by atoms with Crippen molar-refractivity contribution < 1.29 is 13.9 Å². The molecule has 0 saturated heterocycles. The number of carbonyl (C=O) groups is 1. The molecule has 0 atom stereocenters. The van der Waals surface area contributed by atoms with Gasteiger partial charge in [0.05, 0.1) is 12.8 Å². The number of oxazole rings is 1. The van der Waals surface area contributed by atoms with Crippen molar-refractivity contribution in [1.82, 2.24) is 4.98 Å². The van der Waals surface area contributed by atoms with Crippen molar-refractivity contribution in [3.63, 3.8) is 0 Å². The number of hydrogen-bond donors (Lipinski definition) is 1. The summed E-state index contributed by atoms with van der Waals surface area (Å²) in [4.78, 5) is 15.3. The van der Waals surface area contributed by atoms with Gasteiger partial charge >= 0.3 is 5.97 Å². The van der Waals surface area contributed by atoms with E-state index in [1.54, 1.807) is 6.92 Å². The molecule has 1 aromatic rings. The summed E-state index contributed by atoms with van der Waals surface area (Å²) in [7, 11) is 0. The Morgan fingerprint density at radius 2 is 2.44 bits per heavy atom. The van der Waals surface area contributed by atoms with Crippen molar-refractivity contribution in [2.24, 2.45) is 5.92 Å². The van der Waals surface area contributed by atoms with E-state index in [0.717, 1.165) is 18.8 Å². The molecule has 0 aliphatic heterocycles. The number of nitrogens with zero attached hydrogens (tertiary/aromatic N) is 1. The quantitative estimate of drug-likeness (QED) is 0.793. The standard InChI is InChI=1S/C11H16N2O3/c1-3-15-10(14)9-6-12-11(16-9)13-8-4-7(2)5-8/h6-8H,3-5H2,1-2H3,(H,12,13). The molecule has 1 heterocycles. The number of hydrogen-bond acceptors (Lipinski definition) is 5. The molecule has 1 aliphatic rings. The minimum Gasteiger partial charge on any atom is -0.460 e. The molecule has 0 unspecified atom stereocenters. The van der Waals surface area contributed by atoms with Gasteiger partial charge in [-0.25, -0.2) is 9.78 Å². The second-order valence-corrected chi connectivity index (χ2v) is 4.17. The minimum absolute atomic E-state index is 0.150. The predicted octanol–water partition coefficient (Wildman–Crippen LogP) is 2.06. The maximum absolute atomic E-state index is 11.3. The first kappa shape index (κ1) is 11.0. The van der Waals surface area contributed by atoms with E-state index in [4.69, 9.17) is 9.15 Å². The van der Waals surface area contributed by atoms with Gasteiger partial charge in [-0.3, -0.25) is 0 Å². The Kier molecular flexibility index (Phi) is 3.12. The van der Waals surface area contributed by atoms with E-state index in [2.05, 4.69) is 17.2 Å². The van der Waals surface area contributed by atoms with Crippen molar-refractivity contribution >= 4 is 12.0 Å². The number of esters is 1. The van der Waals surface area contributed by atoms with Crippen LogP contribution >= 0.6 is 0 Å². The Labute approximate surface area is 94.2 Å². The van der Waals surface area contributed by atoms with E-state index in [-0.39, 0.29) is 5.76 Å². The number of aromatic nitrogens is 1. The number of carbonyl (C=O) groups excluding carboxylic acids is 1. The molecule has 5 heteroatoms. The Hall–Kier alpha value is -1.52. The third kappa shape index (κ3) is 2.35. The zero-order chi connectivity index (χ0) is 11.5. The van der Waals surface area contributed by atoms with E-state index in [9.17, 15) is 4.79 Å². The Bertz CT molecular complexity index is 369. The third-order valence-electron chi connectivity index (χ3n) is 2.68. The van der Waals surface area contributed by atoms with Crippen LogP contribution in [0.25, 0.3) is 0 Å². The normalized spacial score (nSPS) is 23.6. The number of rotatable bonds is 4. The molecule has 5 nitrogen and oxygen atoms in total. The van der Waals surface area contributed by atoms with Crippen LogP contribution < -0.4 is 5.32 Å². The molecule has 16 heavy (non-hydrogen) atoms. The molecule has 88 valence electrons. The zero-order valence-electron chi connectivity index (χ0n) is 9.53. The van der Waals surface area contributed by atoms with E-state index in [1.807, 2.05) is 0 Å². The van der Waals surface area contributed by atoms with Crippen LogP contribution in [0.2, 0.25) is 0 Å². The predicted molar refractivity (Wildman–Crippen MR) is 58.3 cm³/mol. The zero-order valence-corrected chi connectivity index (χ0v) is 9.53. The lowest BCUT2D eigenvalue weighted by atomic mass is 9.82. The van der Waals surface area contributed by atoms with Crippen LogP contribution in [0.5, 0.6) is 0 Å². The maximum Gasteiger partial charge on any atom is 0.376 e. The highest BCUT2D eigenvalue weighted by molar-refractivity contribution is 5.86. The highest BCUT2D eigenvalue weighted by atomic mass is 16.5. The molecule has 0 spiro atoms. The summed E-state index contributed by atoms with van der Waals surface area (Å²) in [5.41, 5.74) is 0. The highest BCUT2D eigenvalue weighted by Gasteiger charge is 2.26. The van der Waals surface area contributed by atoms with Crippen LogP contribution in [0.4, 0.5) is 6.01 Å². The molecule has 0 radical (unpaired) electrons. The molecule has 1 aromatic heterocycles. The van der Waals surface area contributed by atoms with Crippen LogP contribution in [0.15, 0.2) is 10.6 Å². The summed E-state index contributed by atoms with van der Waals surface area (Å²) in [6.45, 7) is 4.30. The molecule has 0 amide bonds. The topological polar surface area (TPSA) is 64.4 Å². The van der Waals surface area contributed by atoms with Crippen molar-refractivity contribution in [2.75, 3.05) is 11.9 Å². The summed E-state index contributed by atoms with van der Waals surface area (Å²) in [5, 5.41) is 3.14. The molecule has 0 aromatic carbocycles. The van der Waals surface area contributed by atoms with Gasteiger partial charge in [0.2, 0.25) is 5.76 Å². The summed E-state index contributed by atoms with van der Waals surface area (Å²) in [6, 6.07) is 0.823. The van der Waals surface area contributed by atoms with Gasteiger partial charge in [0.15, 0.2) is 0 Å².